The molecule has 0 unspecified atom stereocenters. The number of benzene rings is 1. The van der Waals surface area contributed by atoms with Gasteiger partial charge in [0.05, 0.1) is 5.02 Å². The van der Waals surface area contributed by atoms with Crippen LogP contribution in [-0.4, -0.2) is 23.2 Å². The first-order valence-corrected chi connectivity index (χ1v) is 7.18. The zero-order valence-electron chi connectivity index (χ0n) is 9.84. The molecule has 0 aliphatic heterocycles. The second-order valence-electron chi connectivity index (χ2n) is 3.72. The fraction of sp³-hybridized carbons (Fsp3) is 0.200. The highest BCUT2D eigenvalue weighted by molar-refractivity contribution is 7.89. The predicted molar refractivity (Wildman–Crippen MR) is 67.5 cm³/mol. The Hall–Kier alpha value is -1.51. The van der Waals surface area contributed by atoms with E-state index in [0.29, 0.717) is 5.56 Å². The van der Waals surface area contributed by atoms with Crippen LogP contribution < -0.4 is 5.14 Å². The van der Waals surface area contributed by atoms with E-state index in [1.807, 2.05) is 0 Å². The van der Waals surface area contributed by atoms with Crippen LogP contribution in [0.1, 0.15) is 6.92 Å². The van der Waals surface area contributed by atoms with Gasteiger partial charge in [0.25, 0.3) is 15.2 Å². The summed E-state index contributed by atoms with van der Waals surface area (Å²) >= 11 is 5.59. The van der Waals surface area contributed by atoms with Gasteiger partial charge in [0.2, 0.25) is 0 Å². The summed E-state index contributed by atoms with van der Waals surface area (Å²) in [6, 6.07) is 4.04. The summed E-state index contributed by atoms with van der Waals surface area (Å²) in [5.41, 5.74) is 0.367. The molecule has 1 heterocycles. The maximum Gasteiger partial charge on any atom is 0.273 e. The van der Waals surface area contributed by atoms with Crippen LogP contribution in [0, 0.1) is 5.82 Å². The second kappa shape index (κ2) is 4.87. The van der Waals surface area contributed by atoms with Crippen LogP contribution >= 0.6 is 11.6 Å². The fourth-order valence-electron chi connectivity index (χ4n) is 1.63. The minimum absolute atomic E-state index is 0.0296. The smallest absolute Gasteiger partial charge is 0.273 e. The van der Waals surface area contributed by atoms with Crippen molar-refractivity contribution in [2.24, 2.45) is 5.14 Å². The fourth-order valence-corrected chi connectivity index (χ4v) is 2.43. The molecular weight excluding hydrogens is 295 g/mol. The lowest BCUT2D eigenvalue weighted by atomic mass is 10.2. The molecule has 1 aromatic heterocycles. The summed E-state index contributed by atoms with van der Waals surface area (Å²) < 4.78 is 37.4. The van der Waals surface area contributed by atoms with Crippen molar-refractivity contribution in [3.05, 3.63) is 29.0 Å². The Balaban J connectivity index is 2.63. The number of nitrogens with zero attached hydrogens (tertiary/aromatic N) is 3. The van der Waals surface area contributed by atoms with E-state index in [4.69, 9.17) is 16.7 Å². The van der Waals surface area contributed by atoms with Gasteiger partial charge < -0.3 is 0 Å². The van der Waals surface area contributed by atoms with Crippen molar-refractivity contribution in [1.82, 2.24) is 14.8 Å². The van der Waals surface area contributed by atoms with E-state index in [9.17, 15) is 12.8 Å². The number of halogens is 2. The van der Waals surface area contributed by atoms with Crippen molar-refractivity contribution in [2.45, 2.75) is 18.6 Å². The lowest BCUT2D eigenvalue weighted by molar-refractivity contribution is 0.571. The average Bonchev–Trinajstić information content (AvgIpc) is 2.76. The van der Waals surface area contributed by atoms with E-state index >= 15 is 0 Å². The minimum atomic E-state index is -3.98. The molecule has 2 rings (SSSR count). The first kappa shape index (κ1) is 13.9. The summed E-state index contributed by atoms with van der Waals surface area (Å²) in [7, 11) is -3.98. The van der Waals surface area contributed by atoms with Gasteiger partial charge in [-0.1, -0.05) is 11.6 Å². The highest BCUT2D eigenvalue weighted by atomic mass is 35.5. The summed E-state index contributed by atoms with van der Waals surface area (Å²) in [5.74, 6) is -0.413. The van der Waals surface area contributed by atoms with Gasteiger partial charge in [-0.25, -0.2) is 17.9 Å². The molecule has 102 valence electrons. The zero-order chi connectivity index (χ0) is 14.2. The van der Waals surface area contributed by atoms with Crippen LogP contribution in [0.5, 0.6) is 0 Å². The maximum atomic E-state index is 13.4. The number of aromatic nitrogens is 3. The molecule has 0 fully saturated rings. The van der Waals surface area contributed by atoms with Crippen LogP contribution in [-0.2, 0) is 16.6 Å². The number of hydrogen-bond acceptors (Lipinski definition) is 4. The SMILES string of the molecule is CCn1c(-c2ccc(Cl)c(F)c2)nnc1S(N)(=O)=O. The zero-order valence-corrected chi connectivity index (χ0v) is 11.4. The monoisotopic (exact) mass is 304 g/mol. The minimum Gasteiger partial charge on any atom is -0.297 e. The summed E-state index contributed by atoms with van der Waals surface area (Å²) in [5, 5.41) is 11.9. The van der Waals surface area contributed by atoms with E-state index in [2.05, 4.69) is 10.2 Å². The lowest BCUT2D eigenvalue weighted by Gasteiger charge is -2.06. The van der Waals surface area contributed by atoms with Crippen LogP contribution in [0.2, 0.25) is 5.02 Å². The van der Waals surface area contributed by atoms with E-state index in [-0.39, 0.29) is 22.5 Å². The van der Waals surface area contributed by atoms with Gasteiger partial charge >= 0.3 is 0 Å². The maximum absolute atomic E-state index is 13.4. The Morgan fingerprint density at radius 1 is 1.42 bits per heavy atom. The Labute approximate surface area is 114 Å². The topological polar surface area (TPSA) is 90.9 Å². The quantitative estimate of drug-likeness (QED) is 0.928. The Morgan fingerprint density at radius 3 is 2.63 bits per heavy atom. The molecule has 6 nitrogen and oxygen atoms in total. The molecule has 0 bridgehead atoms. The van der Waals surface area contributed by atoms with E-state index in [1.54, 1.807) is 6.92 Å². The normalized spacial score (nSPS) is 11.8. The molecule has 0 spiro atoms. The summed E-state index contributed by atoms with van der Waals surface area (Å²) in [4.78, 5) is 0. The van der Waals surface area contributed by atoms with Crippen LogP contribution in [0.4, 0.5) is 4.39 Å². The molecular formula is C10H10ClFN4O2S. The molecule has 9 heteroatoms. The van der Waals surface area contributed by atoms with Crippen LogP contribution in [0.3, 0.4) is 0 Å². The number of hydrogen-bond donors (Lipinski definition) is 1. The van der Waals surface area contributed by atoms with E-state index < -0.39 is 15.8 Å². The molecule has 0 saturated carbocycles. The first-order chi connectivity index (χ1) is 8.84. The largest absolute Gasteiger partial charge is 0.297 e. The van der Waals surface area contributed by atoms with Gasteiger partial charge in [0.15, 0.2) is 5.82 Å². The lowest BCUT2D eigenvalue weighted by Crippen LogP contribution is -2.18. The van der Waals surface area contributed by atoms with Crippen molar-refractivity contribution in [1.29, 1.82) is 0 Å². The Morgan fingerprint density at radius 2 is 2.11 bits per heavy atom. The number of nitrogens with two attached hydrogens (primary N) is 1. The molecule has 0 saturated heterocycles. The molecule has 2 N–H and O–H groups in total. The first-order valence-electron chi connectivity index (χ1n) is 5.26. The van der Waals surface area contributed by atoms with Crippen molar-refractivity contribution < 1.29 is 12.8 Å². The van der Waals surface area contributed by atoms with Crippen molar-refractivity contribution in [2.75, 3.05) is 0 Å². The molecule has 0 atom stereocenters. The molecule has 19 heavy (non-hydrogen) atoms. The summed E-state index contributed by atoms with van der Waals surface area (Å²) in [6.07, 6.45) is 0. The average molecular weight is 305 g/mol. The number of rotatable bonds is 3. The number of sulfonamides is 1. The van der Waals surface area contributed by atoms with Crippen LogP contribution in [0.15, 0.2) is 23.4 Å². The molecule has 0 aliphatic rings. The van der Waals surface area contributed by atoms with Gasteiger partial charge in [0, 0.05) is 12.1 Å². The highest BCUT2D eigenvalue weighted by Crippen LogP contribution is 2.24. The third-order valence-electron chi connectivity index (χ3n) is 2.47. The third kappa shape index (κ3) is 2.60. The Bertz CT molecular complexity index is 729. The molecule has 2 aromatic rings. The van der Waals surface area contributed by atoms with Crippen molar-refractivity contribution in [3.8, 4) is 11.4 Å². The van der Waals surface area contributed by atoms with Gasteiger partial charge in [-0.15, -0.1) is 10.2 Å². The Kier molecular flexibility index (Phi) is 3.57. The second-order valence-corrected chi connectivity index (χ2v) is 5.59. The van der Waals surface area contributed by atoms with Gasteiger partial charge in [0.1, 0.15) is 5.82 Å². The standard InChI is InChI=1S/C10H10ClFN4O2S/c1-2-16-9(14-15-10(16)19(13,17)18)6-3-4-7(11)8(12)5-6/h3-5H,2H2,1H3,(H2,13,17,18). The van der Waals surface area contributed by atoms with Gasteiger partial charge in [-0.05, 0) is 25.1 Å². The van der Waals surface area contributed by atoms with Crippen molar-refractivity contribution in [3.63, 3.8) is 0 Å². The molecule has 0 amide bonds. The van der Waals surface area contributed by atoms with E-state index in [1.165, 1.54) is 16.7 Å². The van der Waals surface area contributed by atoms with Gasteiger partial charge in [-0.3, -0.25) is 4.57 Å². The number of primary sulfonamides is 1. The highest BCUT2D eigenvalue weighted by Gasteiger charge is 2.21. The van der Waals surface area contributed by atoms with E-state index in [0.717, 1.165) is 6.07 Å². The van der Waals surface area contributed by atoms with Gasteiger partial charge in [-0.2, -0.15) is 0 Å². The molecule has 1 aromatic carbocycles. The third-order valence-corrected chi connectivity index (χ3v) is 3.58. The van der Waals surface area contributed by atoms with Crippen molar-refractivity contribution >= 4 is 21.6 Å². The predicted octanol–water partition coefficient (Wildman–Crippen LogP) is 1.40. The molecule has 0 aliphatic carbocycles. The van der Waals surface area contributed by atoms with Crippen LogP contribution in [0.25, 0.3) is 11.4 Å². The molecule has 0 radical (unpaired) electrons. The summed E-state index contributed by atoms with van der Waals surface area (Å²) in [6.45, 7) is 1.98.